The predicted octanol–water partition coefficient (Wildman–Crippen LogP) is 4.97. The van der Waals surface area contributed by atoms with Crippen molar-refractivity contribution in [3.05, 3.63) is 94.5 Å². The van der Waals surface area contributed by atoms with Gasteiger partial charge in [0.1, 0.15) is 18.1 Å². The zero-order chi connectivity index (χ0) is 20.6. The Morgan fingerprint density at radius 3 is 2.38 bits per heavy atom. The van der Waals surface area contributed by atoms with Gasteiger partial charge in [-0.2, -0.15) is 0 Å². The number of ketones is 1. The van der Waals surface area contributed by atoms with Crippen LogP contribution in [0.25, 0.3) is 0 Å². The molecule has 3 aromatic carbocycles. The van der Waals surface area contributed by atoms with Crippen molar-refractivity contribution in [3.8, 4) is 11.5 Å². The number of methoxy groups -OCH3 is 1. The van der Waals surface area contributed by atoms with Gasteiger partial charge in [0.2, 0.25) is 0 Å². The monoisotopic (exact) mass is 410 g/mol. The summed E-state index contributed by atoms with van der Waals surface area (Å²) in [5.41, 5.74) is 1.36. The number of hydrogen-bond donors (Lipinski definition) is 0. The minimum atomic E-state index is -0.592. The normalized spacial score (nSPS) is 10.3. The van der Waals surface area contributed by atoms with Crippen molar-refractivity contribution < 1.29 is 23.8 Å². The molecule has 3 aromatic rings. The molecule has 0 atom stereocenters. The number of hydrogen-bond acceptors (Lipinski definition) is 5. The molecule has 6 heteroatoms. The van der Waals surface area contributed by atoms with E-state index in [0.29, 0.717) is 33.2 Å². The minimum Gasteiger partial charge on any atom is -0.495 e. The third-order valence-electron chi connectivity index (χ3n) is 4.18. The first-order valence-electron chi connectivity index (χ1n) is 8.88. The fraction of sp³-hybridized carbons (Fsp3) is 0.130. The fourth-order valence-electron chi connectivity index (χ4n) is 2.66. The van der Waals surface area contributed by atoms with Crippen LogP contribution in [0, 0.1) is 0 Å². The van der Waals surface area contributed by atoms with E-state index in [9.17, 15) is 9.59 Å². The zero-order valence-electron chi connectivity index (χ0n) is 15.8. The van der Waals surface area contributed by atoms with Gasteiger partial charge in [-0.15, -0.1) is 0 Å². The van der Waals surface area contributed by atoms with Gasteiger partial charge in [0.05, 0.1) is 17.7 Å². The number of esters is 1. The van der Waals surface area contributed by atoms with E-state index in [1.54, 1.807) is 30.3 Å². The van der Waals surface area contributed by atoms with Crippen LogP contribution in [0.15, 0.2) is 72.8 Å². The summed E-state index contributed by atoms with van der Waals surface area (Å²) in [4.78, 5) is 24.8. The highest BCUT2D eigenvalue weighted by Crippen LogP contribution is 2.25. The molecule has 0 aliphatic carbocycles. The Balaban J connectivity index is 1.63. The smallest absolute Gasteiger partial charge is 0.338 e. The van der Waals surface area contributed by atoms with Crippen molar-refractivity contribution in [1.82, 2.24) is 0 Å². The Morgan fingerprint density at radius 1 is 0.931 bits per heavy atom. The number of Topliss-reactive ketones (excluding diaryl/α,β-unsaturated/α-hetero) is 1. The predicted molar refractivity (Wildman–Crippen MR) is 110 cm³/mol. The van der Waals surface area contributed by atoms with Gasteiger partial charge < -0.3 is 14.2 Å². The summed E-state index contributed by atoms with van der Waals surface area (Å²) in [6.07, 6.45) is 0. The molecule has 0 aromatic heterocycles. The largest absolute Gasteiger partial charge is 0.495 e. The van der Waals surface area contributed by atoms with Gasteiger partial charge in [0.15, 0.2) is 12.4 Å². The van der Waals surface area contributed by atoms with Crippen LogP contribution in [0.3, 0.4) is 0 Å². The molecular formula is C23H19ClO5. The van der Waals surface area contributed by atoms with E-state index in [2.05, 4.69) is 0 Å². The Labute approximate surface area is 173 Å². The fourth-order valence-corrected chi connectivity index (χ4v) is 2.91. The summed E-state index contributed by atoms with van der Waals surface area (Å²) < 4.78 is 16.0. The first-order valence-corrected chi connectivity index (χ1v) is 9.26. The highest BCUT2D eigenvalue weighted by Gasteiger charge is 2.16. The van der Waals surface area contributed by atoms with Crippen molar-refractivity contribution >= 4 is 23.4 Å². The number of benzene rings is 3. The third-order valence-corrected chi connectivity index (χ3v) is 4.48. The topological polar surface area (TPSA) is 61.8 Å². The lowest BCUT2D eigenvalue weighted by Crippen LogP contribution is -2.16. The van der Waals surface area contributed by atoms with Gasteiger partial charge in [0.25, 0.3) is 0 Å². The Kier molecular flexibility index (Phi) is 6.87. The lowest BCUT2D eigenvalue weighted by Gasteiger charge is -2.11. The first-order chi connectivity index (χ1) is 14.1. The molecule has 0 aliphatic heterocycles. The molecule has 0 spiro atoms. The Morgan fingerprint density at radius 2 is 1.66 bits per heavy atom. The second kappa shape index (κ2) is 9.75. The standard InChI is InChI=1S/C23H19ClO5/c1-27-22-12-11-16(13-20(22)24)21(25)15-29-23(26)19-10-6-5-7-17(19)14-28-18-8-3-2-4-9-18/h2-13H,14-15H2,1H3. The number of rotatable bonds is 8. The van der Waals surface area contributed by atoms with Crippen LogP contribution < -0.4 is 9.47 Å². The molecule has 0 radical (unpaired) electrons. The molecule has 0 saturated carbocycles. The maximum atomic E-state index is 12.5. The van der Waals surface area contributed by atoms with Crippen LogP contribution in [-0.4, -0.2) is 25.5 Å². The number of para-hydroxylation sites is 1. The third kappa shape index (κ3) is 5.36. The molecule has 0 fully saturated rings. The second-order valence-electron chi connectivity index (χ2n) is 6.11. The maximum absolute atomic E-state index is 12.5. The maximum Gasteiger partial charge on any atom is 0.338 e. The quantitative estimate of drug-likeness (QED) is 0.387. The van der Waals surface area contributed by atoms with E-state index in [1.165, 1.54) is 13.2 Å². The van der Waals surface area contributed by atoms with E-state index >= 15 is 0 Å². The van der Waals surface area contributed by atoms with Crippen LogP contribution in [0.1, 0.15) is 26.3 Å². The molecule has 0 amide bonds. The van der Waals surface area contributed by atoms with Gasteiger partial charge in [-0.3, -0.25) is 4.79 Å². The lowest BCUT2D eigenvalue weighted by molar-refractivity contribution is 0.0472. The first kappa shape index (κ1) is 20.4. The molecule has 5 nitrogen and oxygen atoms in total. The van der Waals surface area contributed by atoms with Gasteiger partial charge >= 0.3 is 5.97 Å². The second-order valence-corrected chi connectivity index (χ2v) is 6.51. The lowest BCUT2D eigenvalue weighted by atomic mass is 10.1. The van der Waals surface area contributed by atoms with Gasteiger partial charge in [-0.1, -0.05) is 48.0 Å². The van der Waals surface area contributed by atoms with Gasteiger partial charge in [-0.25, -0.2) is 4.79 Å². The molecule has 0 heterocycles. The molecule has 0 N–H and O–H groups in total. The van der Waals surface area contributed by atoms with Crippen molar-refractivity contribution in [1.29, 1.82) is 0 Å². The summed E-state index contributed by atoms with van der Waals surface area (Å²) in [6.45, 7) is -0.188. The average Bonchev–Trinajstić information content (AvgIpc) is 2.76. The van der Waals surface area contributed by atoms with Crippen LogP contribution in [-0.2, 0) is 11.3 Å². The molecule has 3 rings (SSSR count). The highest BCUT2D eigenvalue weighted by molar-refractivity contribution is 6.32. The molecule has 148 valence electrons. The van der Waals surface area contributed by atoms with E-state index < -0.39 is 12.6 Å². The van der Waals surface area contributed by atoms with Crippen molar-refractivity contribution in [3.63, 3.8) is 0 Å². The number of carbonyl (C=O) groups is 2. The molecule has 0 aliphatic rings. The zero-order valence-corrected chi connectivity index (χ0v) is 16.5. The van der Waals surface area contributed by atoms with Crippen LogP contribution in [0.2, 0.25) is 5.02 Å². The van der Waals surface area contributed by atoms with E-state index in [1.807, 2.05) is 36.4 Å². The van der Waals surface area contributed by atoms with Crippen molar-refractivity contribution in [2.75, 3.05) is 13.7 Å². The number of halogens is 1. The minimum absolute atomic E-state index is 0.206. The average molecular weight is 411 g/mol. The number of carbonyl (C=O) groups excluding carboxylic acids is 2. The van der Waals surface area contributed by atoms with E-state index in [4.69, 9.17) is 25.8 Å². The Bertz CT molecular complexity index is 1000. The van der Waals surface area contributed by atoms with Crippen LogP contribution >= 0.6 is 11.6 Å². The molecule has 29 heavy (non-hydrogen) atoms. The van der Waals surface area contributed by atoms with Crippen molar-refractivity contribution in [2.45, 2.75) is 6.61 Å². The van der Waals surface area contributed by atoms with Crippen molar-refractivity contribution in [2.24, 2.45) is 0 Å². The molecule has 0 bridgehead atoms. The highest BCUT2D eigenvalue weighted by atomic mass is 35.5. The van der Waals surface area contributed by atoms with Gasteiger partial charge in [0, 0.05) is 11.1 Å². The summed E-state index contributed by atoms with van der Waals surface area (Å²) >= 11 is 6.04. The summed E-state index contributed by atoms with van der Waals surface area (Å²) in [7, 11) is 1.49. The number of ether oxygens (including phenoxy) is 3. The van der Waals surface area contributed by atoms with E-state index in [-0.39, 0.29) is 12.4 Å². The van der Waals surface area contributed by atoms with Crippen LogP contribution in [0.5, 0.6) is 11.5 Å². The van der Waals surface area contributed by atoms with E-state index in [0.717, 1.165) is 0 Å². The summed E-state index contributed by atoms with van der Waals surface area (Å²) in [5, 5.41) is 0.313. The SMILES string of the molecule is COc1ccc(C(=O)COC(=O)c2ccccc2COc2ccccc2)cc1Cl. The molecular weight excluding hydrogens is 392 g/mol. The van der Waals surface area contributed by atoms with Crippen LogP contribution in [0.4, 0.5) is 0 Å². The molecule has 0 unspecified atom stereocenters. The Hall–Kier alpha value is -3.31. The molecule has 0 saturated heterocycles. The van der Waals surface area contributed by atoms with Gasteiger partial charge in [-0.05, 0) is 36.4 Å². The summed E-state index contributed by atoms with van der Waals surface area (Å²) in [6, 6.07) is 20.9. The summed E-state index contributed by atoms with van der Waals surface area (Å²) in [5.74, 6) is 0.209.